The molecule has 10 nitrogen and oxygen atoms in total. The van der Waals surface area contributed by atoms with Crippen molar-refractivity contribution in [3.8, 4) is 0 Å². The van der Waals surface area contributed by atoms with E-state index >= 15 is 0 Å². The van der Waals surface area contributed by atoms with Crippen LogP contribution in [0.5, 0.6) is 0 Å². The number of aryl methyl sites for hydroxylation is 1. The molecule has 0 aliphatic carbocycles. The number of carbonyl (C=O) groups is 1. The normalized spacial score (nSPS) is 15.7. The fraction of sp³-hybridized carbons (Fsp3) is 0.650. The lowest BCUT2D eigenvalue weighted by Crippen LogP contribution is -2.38. The molecule has 1 saturated heterocycles. The number of sulfonamides is 1. The maximum atomic E-state index is 12.1. The summed E-state index contributed by atoms with van der Waals surface area (Å²) in [6.07, 6.45) is -1.70. The highest BCUT2D eigenvalue weighted by Gasteiger charge is 2.38. The van der Waals surface area contributed by atoms with E-state index in [4.69, 9.17) is 19.6 Å². The standard InChI is InChI=1S/C18H29N5O3S.C2HF3O2/c1-5-27(24,25)23-8-6-14(7-9-23)15-12-16-17(19-13-22(16)3)18(20-15)21(2)10-11-26-4;3-2(4,5)1(6)7/h12-14H,5-11H2,1-4H3;(H,6,7). The minimum absolute atomic E-state index is 0.158. The lowest BCUT2D eigenvalue weighted by Gasteiger charge is -2.31. The van der Waals surface area contributed by atoms with Gasteiger partial charge in [0, 0.05) is 52.5 Å². The van der Waals surface area contributed by atoms with Crippen LogP contribution in [-0.2, 0) is 26.6 Å². The average molecular weight is 510 g/mol. The maximum Gasteiger partial charge on any atom is 0.490 e. The topological polar surface area (TPSA) is 118 Å². The zero-order valence-corrected chi connectivity index (χ0v) is 20.4. The zero-order valence-electron chi connectivity index (χ0n) is 19.5. The Bertz CT molecular complexity index is 1080. The van der Waals surface area contributed by atoms with Gasteiger partial charge in [0.25, 0.3) is 0 Å². The highest BCUT2D eigenvalue weighted by Crippen LogP contribution is 2.32. The van der Waals surface area contributed by atoms with E-state index in [1.807, 2.05) is 18.7 Å². The minimum atomic E-state index is -5.08. The molecule has 1 fully saturated rings. The van der Waals surface area contributed by atoms with Crippen molar-refractivity contribution >= 4 is 32.8 Å². The zero-order chi connectivity index (χ0) is 25.7. The number of hydrogen-bond acceptors (Lipinski definition) is 7. The Kier molecular flexibility index (Phi) is 9.25. The summed E-state index contributed by atoms with van der Waals surface area (Å²) in [6, 6.07) is 2.10. The van der Waals surface area contributed by atoms with E-state index in [0.29, 0.717) is 19.7 Å². The lowest BCUT2D eigenvalue weighted by atomic mass is 9.94. The van der Waals surface area contributed by atoms with E-state index in [2.05, 4.69) is 16.0 Å². The summed E-state index contributed by atoms with van der Waals surface area (Å²) >= 11 is 0. The van der Waals surface area contributed by atoms with Crippen LogP contribution < -0.4 is 4.90 Å². The number of aliphatic carboxylic acids is 1. The summed E-state index contributed by atoms with van der Waals surface area (Å²) in [5.41, 5.74) is 2.94. The molecule has 1 aliphatic rings. The number of alkyl halides is 3. The Balaban J connectivity index is 0.000000509. The number of hydrogen-bond donors (Lipinski definition) is 1. The van der Waals surface area contributed by atoms with E-state index < -0.39 is 22.2 Å². The largest absolute Gasteiger partial charge is 0.490 e. The summed E-state index contributed by atoms with van der Waals surface area (Å²) in [5.74, 6) is -1.50. The molecule has 192 valence electrons. The first kappa shape index (κ1) is 27.8. The van der Waals surface area contributed by atoms with Gasteiger partial charge in [-0.1, -0.05) is 0 Å². The van der Waals surface area contributed by atoms with Gasteiger partial charge in [-0.15, -0.1) is 0 Å². The predicted molar refractivity (Wildman–Crippen MR) is 120 cm³/mol. The number of ether oxygens (including phenoxy) is 1. The van der Waals surface area contributed by atoms with Crippen LogP contribution in [0, 0.1) is 0 Å². The molecule has 0 spiro atoms. The Morgan fingerprint density at radius 1 is 1.32 bits per heavy atom. The van der Waals surface area contributed by atoms with Gasteiger partial charge in [-0.3, -0.25) is 0 Å². The van der Waals surface area contributed by atoms with Crippen molar-refractivity contribution in [2.24, 2.45) is 7.05 Å². The molecule has 3 heterocycles. The van der Waals surface area contributed by atoms with Crippen molar-refractivity contribution in [1.82, 2.24) is 18.8 Å². The first-order valence-corrected chi connectivity index (χ1v) is 12.2. The summed E-state index contributed by atoms with van der Waals surface area (Å²) < 4.78 is 64.8. The van der Waals surface area contributed by atoms with Crippen LogP contribution >= 0.6 is 0 Å². The highest BCUT2D eigenvalue weighted by molar-refractivity contribution is 7.89. The van der Waals surface area contributed by atoms with Crippen LogP contribution in [0.25, 0.3) is 11.0 Å². The maximum absolute atomic E-state index is 12.1. The van der Waals surface area contributed by atoms with Gasteiger partial charge < -0.3 is 19.3 Å². The number of nitrogens with zero attached hydrogens (tertiary/aromatic N) is 5. The monoisotopic (exact) mass is 509 g/mol. The summed E-state index contributed by atoms with van der Waals surface area (Å²) in [6.45, 7) is 4.15. The summed E-state index contributed by atoms with van der Waals surface area (Å²) in [4.78, 5) is 20.4. The van der Waals surface area contributed by atoms with Gasteiger partial charge >= 0.3 is 12.1 Å². The number of fused-ring (bicyclic) bond motifs is 1. The average Bonchev–Trinajstić information content (AvgIpc) is 3.17. The van der Waals surface area contributed by atoms with Crippen LogP contribution in [0.2, 0.25) is 0 Å². The van der Waals surface area contributed by atoms with Crippen molar-refractivity contribution in [1.29, 1.82) is 0 Å². The summed E-state index contributed by atoms with van der Waals surface area (Å²) in [7, 11) is 2.55. The highest BCUT2D eigenvalue weighted by atomic mass is 32.2. The molecule has 3 rings (SSSR count). The number of anilines is 1. The van der Waals surface area contributed by atoms with Crippen LogP contribution in [0.4, 0.5) is 19.0 Å². The molecule has 0 bridgehead atoms. The Hall–Kier alpha value is -2.45. The molecule has 1 aliphatic heterocycles. The van der Waals surface area contributed by atoms with Gasteiger partial charge in [-0.25, -0.2) is 27.5 Å². The molecule has 34 heavy (non-hydrogen) atoms. The molecule has 0 saturated carbocycles. The number of halogens is 3. The van der Waals surface area contributed by atoms with Crippen LogP contribution in [0.3, 0.4) is 0 Å². The van der Waals surface area contributed by atoms with E-state index in [1.54, 1.807) is 24.7 Å². The Labute approximate surface area is 196 Å². The second kappa shape index (κ2) is 11.3. The Morgan fingerprint density at radius 2 is 1.91 bits per heavy atom. The second-order valence-electron chi connectivity index (χ2n) is 7.89. The molecule has 2 aromatic heterocycles. The summed E-state index contributed by atoms with van der Waals surface area (Å²) in [5, 5.41) is 7.12. The number of imidazole rings is 1. The lowest BCUT2D eigenvalue weighted by molar-refractivity contribution is -0.192. The van der Waals surface area contributed by atoms with Gasteiger partial charge in [0.05, 0.1) is 24.2 Å². The number of aromatic nitrogens is 3. The fourth-order valence-corrected chi connectivity index (χ4v) is 4.68. The number of pyridine rings is 1. The van der Waals surface area contributed by atoms with Crippen molar-refractivity contribution in [2.45, 2.75) is 31.9 Å². The van der Waals surface area contributed by atoms with Gasteiger partial charge in [-0.05, 0) is 25.8 Å². The molecule has 0 amide bonds. The molecule has 0 aromatic carbocycles. The quantitative estimate of drug-likeness (QED) is 0.604. The van der Waals surface area contributed by atoms with E-state index in [9.17, 15) is 21.6 Å². The van der Waals surface area contributed by atoms with Crippen LogP contribution in [-0.4, -0.2) is 90.7 Å². The molecule has 0 radical (unpaired) electrons. The third-order valence-electron chi connectivity index (χ3n) is 5.58. The van der Waals surface area contributed by atoms with Crippen molar-refractivity contribution in [3.05, 3.63) is 18.1 Å². The number of methoxy groups -OCH3 is 1. The third-order valence-corrected chi connectivity index (χ3v) is 7.46. The van der Waals surface area contributed by atoms with E-state index in [-0.39, 0.29) is 11.7 Å². The van der Waals surface area contributed by atoms with Gasteiger partial charge in [0.15, 0.2) is 5.82 Å². The van der Waals surface area contributed by atoms with Crippen molar-refractivity contribution < 1.29 is 36.2 Å². The fourth-order valence-electron chi connectivity index (χ4n) is 3.55. The molecule has 0 atom stereocenters. The van der Waals surface area contributed by atoms with Gasteiger partial charge in [0.2, 0.25) is 10.0 Å². The number of piperidine rings is 1. The predicted octanol–water partition coefficient (Wildman–Crippen LogP) is 2.21. The first-order chi connectivity index (χ1) is 15.8. The number of carboxylic acid groups (broad SMARTS) is 1. The molecular formula is C20H30F3N5O5S. The minimum Gasteiger partial charge on any atom is -0.475 e. The van der Waals surface area contributed by atoms with E-state index in [1.165, 1.54) is 0 Å². The molecule has 1 N–H and O–H groups in total. The number of carboxylic acids is 1. The molecular weight excluding hydrogens is 479 g/mol. The number of likely N-dealkylation sites (N-methyl/N-ethyl adjacent to an activating group) is 1. The van der Waals surface area contributed by atoms with E-state index in [0.717, 1.165) is 41.9 Å². The molecule has 14 heteroatoms. The Morgan fingerprint density at radius 3 is 2.41 bits per heavy atom. The van der Waals surface area contributed by atoms with Crippen LogP contribution in [0.15, 0.2) is 12.4 Å². The third kappa shape index (κ3) is 6.79. The number of rotatable bonds is 7. The second-order valence-corrected chi connectivity index (χ2v) is 10.1. The molecule has 0 unspecified atom stereocenters. The van der Waals surface area contributed by atoms with Gasteiger partial charge in [0.1, 0.15) is 5.52 Å². The smallest absolute Gasteiger partial charge is 0.475 e. The first-order valence-electron chi connectivity index (χ1n) is 10.6. The van der Waals surface area contributed by atoms with Crippen LogP contribution in [0.1, 0.15) is 31.4 Å². The van der Waals surface area contributed by atoms with Crippen molar-refractivity contribution in [3.63, 3.8) is 0 Å². The molecule has 2 aromatic rings. The van der Waals surface area contributed by atoms with Crippen molar-refractivity contribution in [2.75, 3.05) is 51.1 Å². The van der Waals surface area contributed by atoms with Gasteiger partial charge in [-0.2, -0.15) is 13.2 Å². The SMILES string of the molecule is CCS(=O)(=O)N1CCC(c2cc3c(ncn3C)c(N(C)CCOC)n2)CC1.O=C(O)C(F)(F)F.